The van der Waals surface area contributed by atoms with Gasteiger partial charge < -0.3 is 0 Å². The molecule has 0 atom stereocenters. The predicted octanol–water partition coefficient (Wildman–Crippen LogP) is 1.24. The van der Waals surface area contributed by atoms with Gasteiger partial charge in [0.2, 0.25) is 0 Å². The first kappa shape index (κ1) is 8.87. The molecule has 13 heavy (non-hydrogen) atoms. The van der Waals surface area contributed by atoms with E-state index in [0.29, 0.717) is 11.8 Å². The largest absolute Gasteiger partial charge is 0.343 e. The lowest BCUT2D eigenvalue weighted by Gasteiger charge is -2.23. The highest BCUT2D eigenvalue weighted by Gasteiger charge is 2.21. The van der Waals surface area contributed by atoms with Gasteiger partial charge in [0.05, 0.1) is 0 Å². The second kappa shape index (κ2) is 3.57. The Morgan fingerprint density at radius 1 is 1.69 bits per heavy atom. The second-order valence-corrected chi connectivity index (χ2v) is 4.49. The molecule has 0 aromatic carbocycles. The molecular weight excluding hydrogens is 186 g/mol. The lowest BCUT2D eigenvalue weighted by molar-refractivity contribution is 0.518. The molecule has 0 unspecified atom stereocenters. The molecule has 1 aromatic heterocycles. The van der Waals surface area contributed by atoms with E-state index in [1.165, 1.54) is 19.3 Å². The number of hydrogen-bond donors (Lipinski definition) is 1. The number of aromatic nitrogens is 3. The number of rotatable bonds is 3. The average molecular weight is 199 g/mol. The van der Waals surface area contributed by atoms with Crippen molar-refractivity contribution in [3.63, 3.8) is 0 Å². The molecule has 1 aromatic rings. The van der Waals surface area contributed by atoms with Crippen LogP contribution in [-0.2, 0) is 6.54 Å². The zero-order chi connectivity index (χ0) is 9.26. The molecule has 4 nitrogen and oxygen atoms in total. The number of nitrogens with one attached hydrogen (secondary N) is 1. The number of nitrogens with zero attached hydrogens (tertiary/aromatic N) is 2. The van der Waals surface area contributed by atoms with Crippen molar-refractivity contribution in [1.82, 2.24) is 14.8 Å². The number of thioether (sulfide) groups is 1. The summed E-state index contributed by atoms with van der Waals surface area (Å²) in [5.41, 5.74) is -0.0932. The summed E-state index contributed by atoms with van der Waals surface area (Å²) in [7, 11) is 0. The summed E-state index contributed by atoms with van der Waals surface area (Å²) in [4.78, 5) is 11.2. The summed E-state index contributed by atoms with van der Waals surface area (Å²) in [6.07, 6.45) is 3.84. The molecule has 1 saturated carbocycles. The Hall–Kier alpha value is -0.710. The van der Waals surface area contributed by atoms with Crippen LogP contribution in [0.2, 0.25) is 0 Å². The minimum absolute atomic E-state index is 0.0932. The van der Waals surface area contributed by atoms with E-state index in [-0.39, 0.29) is 5.69 Å². The molecule has 1 aliphatic rings. The highest BCUT2D eigenvalue weighted by Crippen LogP contribution is 2.34. The van der Waals surface area contributed by atoms with Crippen LogP contribution in [0.25, 0.3) is 0 Å². The zero-order valence-corrected chi connectivity index (χ0v) is 8.43. The summed E-state index contributed by atoms with van der Waals surface area (Å²) >= 11 is 1.72. The topological polar surface area (TPSA) is 50.7 Å². The fourth-order valence-electron chi connectivity index (χ4n) is 1.31. The van der Waals surface area contributed by atoms with Crippen LogP contribution < -0.4 is 5.69 Å². The van der Waals surface area contributed by atoms with E-state index in [2.05, 4.69) is 10.2 Å². The molecule has 0 bridgehead atoms. The minimum Gasteiger partial charge on any atom is -0.270 e. The minimum atomic E-state index is -0.0932. The molecule has 0 saturated heterocycles. The number of aromatic amines is 1. The van der Waals surface area contributed by atoms with Crippen LogP contribution in [-0.4, -0.2) is 20.0 Å². The quantitative estimate of drug-likeness (QED) is 0.796. The van der Waals surface area contributed by atoms with Gasteiger partial charge in [-0.1, -0.05) is 18.2 Å². The molecule has 0 amide bonds. The van der Waals surface area contributed by atoms with Gasteiger partial charge in [-0.3, -0.25) is 4.57 Å². The highest BCUT2D eigenvalue weighted by atomic mass is 32.2. The maximum atomic E-state index is 11.2. The standard InChI is InChI=1S/C8H13N3OS/c1-2-11-7(12)9-10-8(11)13-6-4-3-5-6/h6H,2-5H2,1H3,(H,9,12). The summed E-state index contributed by atoms with van der Waals surface area (Å²) in [5.74, 6) is 0. The van der Waals surface area contributed by atoms with Crippen molar-refractivity contribution in [3.8, 4) is 0 Å². The first-order chi connectivity index (χ1) is 6.31. The van der Waals surface area contributed by atoms with Gasteiger partial charge in [-0.2, -0.15) is 0 Å². The Morgan fingerprint density at radius 2 is 2.46 bits per heavy atom. The Bertz CT molecular complexity index is 339. The lowest BCUT2D eigenvalue weighted by Crippen LogP contribution is -2.18. The predicted molar refractivity (Wildman–Crippen MR) is 52.0 cm³/mol. The van der Waals surface area contributed by atoms with Crippen LogP contribution in [0, 0.1) is 0 Å². The van der Waals surface area contributed by atoms with Crippen molar-refractivity contribution in [1.29, 1.82) is 0 Å². The average Bonchev–Trinajstić information content (AvgIpc) is 2.39. The van der Waals surface area contributed by atoms with Crippen LogP contribution in [0.15, 0.2) is 9.95 Å². The van der Waals surface area contributed by atoms with E-state index in [4.69, 9.17) is 0 Å². The molecule has 72 valence electrons. The fourth-order valence-corrected chi connectivity index (χ4v) is 2.61. The van der Waals surface area contributed by atoms with E-state index in [1.807, 2.05) is 6.92 Å². The van der Waals surface area contributed by atoms with Crippen molar-refractivity contribution >= 4 is 11.8 Å². The summed E-state index contributed by atoms with van der Waals surface area (Å²) < 4.78 is 1.68. The molecule has 1 fully saturated rings. The molecule has 1 N–H and O–H groups in total. The van der Waals surface area contributed by atoms with Crippen molar-refractivity contribution < 1.29 is 0 Å². The van der Waals surface area contributed by atoms with Crippen LogP contribution in [0.5, 0.6) is 0 Å². The van der Waals surface area contributed by atoms with Gasteiger partial charge in [0.15, 0.2) is 5.16 Å². The second-order valence-electron chi connectivity index (χ2n) is 3.23. The molecule has 0 radical (unpaired) electrons. The van der Waals surface area contributed by atoms with Crippen molar-refractivity contribution in [3.05, 3.63) is 10.5 Å². The first-order valence-electron chi connectivity index (χ1n) is 4.63. The van der Waals surface area contributed by atoms with Crippen LogP contribution in [0.4, 0.5) is 0 Å². The Balaban J connectivity index is 2.14. The van der Waals surface area contributed by atoms with Gasteiger partial charge in [0, 0.05) is 11.8 Å². The van der Waals surface area contributed by atoms with Gasteiger partial charge in [-0.05, 0) is 19.8 Å². The third kappa shape index (κ3) is 1.65. The maximum Gasteiger partial charge on any atom is 0.343 e. The fraction of sp³-hybridized carbons (Fsp3) is 0.750. The summed E-state index contributed by atoms with van der Waals surface area (Å²) in [6.45, 7) is 2.66. The first-order valence-corrected chi connectivity index (χ1v) is 5.51. The molecule has 0 spiro atoms. The summed E-state index contributed by atoms with van der Waals surface area (Å²) in [5, 5.41) is 8.00. The van der Waals surface area contributed by atoms with E-state index >= 15 is 0 Å². The van der Waals surface area contributed by atoms with Crippen LogP contribution in [0.3, 0.4) is 0 Å². The van der Waals surface area contributed by atoms with E-state index < -0.39 is 0 Å². The maximum absolute atomic E-state index is 11.2. The molecule has 0 aliphatic heterocycles. The smallest absolute Gasteiger partial charge is 0.270 e. The monoisotopic (exact) mass is 199 g/mol. The van der Waals surface area contributed by atoms with Crippen molar-refractivity contribution in [2.75, 3.05) is 0 Å². The van der Waals surface area contributed by atoms with E-state index in [1.54, 1.807) is 16.3 Å². The van der Waals surface area contributed by atoms with Crippen molar-refractivity contribution in [2.24, 2.45) is 0 Å². The number of H-pyrrole nitrogens is 1. The molecular formula is C8H13N3OS. The number of hydrogen-bond acceptors (Lipinski definition) is 3. The Morgan fingerprint density at radius 3 is 3.00 bits per heavy atom. The van der Waals surface area contributed by atoms with Crippen LogP contribution in [0.1, 0.15) is 26.2 Å². The third-order valence-electron chi connectivity index (χ3n) is 2.36. The van der Waals surface area contributed by atoms with E-state index in [0.717, 1.165) is 5.16 Å². The zero-order valence-electron chi connectivity index (χ0n) is 7.62. The molecule has 5 heteroatoms. The van der Waals surface area contributed by atoms with Crippen molar-refractivity contribution in [2.45, 2.75) is 43.1 Å². The van der Waals surface area contributed by atoms with Gasteiger partial charge >= 0.3 is 5.69 Å². The summed E-state index contributed by atoms with van der Waals surface area (Å²) in [6, 6.07) is 0. The molecule has 1 aliphatic carbocycles. The van der Waals surface area contributed by atoms with Gasteiger partial charge in [0.1, 0.15) is 0 Å². The molecule has 2 rings (SSSR count). The van der Waals surface area contributed by atoms with Gasteiger partial charge in [-0.15, -0.1) is 5.10 Å². The third-order valence-corrected chi connectivity index (χ3v) is 3.69. The lowest BCUT2D eigenvalue weighted by atomic mass is 10.0. The van der Waals surface area contributed by atoms with E-state index in [9.17, 15) is 4.79 Å². The Labute approximate surface area is 80.7 Å². The van der Waals surface area contributed by atoms with Gasteiger partial charge in [-0.25, -0.2) is 9.89 Å². The normalized spacial score (nSPS) is 17.3. The Kier molecular flexibility index (Phi) is 2.44. The van der Waals surface area contributed by atoms with Gasteiger partial charge in [0.25, 0.3) is 0 Å². The highest BCUT2D eigenvalue weighted by molar-refractivity contribution is 7.99. The molecule has 1 heterocycles. The van der Waals surface area contributed by atoms with Crippen LogP contribution >= 0.6 is 11.8 Å². The SMILES string of the molecule is CCn1c(SC2CCC2)n[nH]c1=O.